The summed E-state index contributed by atoms with van der Waals surface area (Å²) in [4.78, 5) is 19.8. The average molecular weight is 420 g/mol. The van der Waals surface area contributed by atoms with Gasteiger partial charge in [-0.3, -0.25) is 9.20 Å². The molecule has 2 aromatic carbocycles. The molecule has 0 spiro atoms. The fraction of sp³-hybridized carbons (Fsp3) is 0.333. The monoisotopic (exact) mass is 419 g/mol. The summed E-state index contributed by atoms with van der Waals surface area (Å²) in [5.74, 6) is 0.111. The molecule has 1 unspecified atom stereocenters. The Morgan fingerprint density at radius 1 is 1.27 bits per heavy atom. The summed E-state index contributed by atoms with van der Waals surface area (Å²) in [6, 6.07) is 14.9. The van der Waals surface area contributed by atoms with Crippen LogP contribution in [0.3, 0.4) is 0 Å². The van der Waals surface area contributed by atoms with E-state index in [0.29, 0.717) is 13.1 Å². The second-order valence-electron chi connectivity index (χ2n) is 7.92. The second-order valence-corrected chi connectivity index (χ2v) is 8.75. The number of nitrogens with zero attached hydrogens (tertiary/aromatic N) is 3. The Hall–Kier alpha value is -2.70. The number of ether oxygens (including phenoxy) is 1. The van der Waals surface area contributed by atoms with Crippen LogP contribution in [0.15, 0.2) is 54.0 Å². The second kappa shape index (κ2) is 8.20. The number of hydrogen-bond acceptors (Lipinski definition) is 4. The third-order valence-corrected chi connectivity index (χ3v) is 6.75. The van der Waals surface area contributed by atoms with Crippen molar-refractivity contribution >= 4 is 33.0 Å². The summed E-state index contributed by atoms with van der Waals surface area (Å²) in [6.07, 6.45) is 5.24. The molecular weight excluding hydrogens is 394 g/mol. The molecule has 2 aromatic heterocycles. The minimum Gasteiger partial charge on any atom is -0.376 e. The molecule has 1 fully saturated rings. The van der Waals surface area contributed by atoms with Gasteiger partial charge in [-0.1, -0.05) is 36.4 Å². The van der Waals surface area contributed by atoms with Crippen molar-refractivity contribution in [3.8, 4) is 11.3 Å². The Morgan fingerprint density at radius 3 is 2.93 bits per heavy atom. The van der Waals surface area contributed by atoms with Crippen LogP contribution in [0.4, 0.5) is 0 Å². The lowest BCUT2D eigenvalue weighted by molar-refractivity contribution is -0.130. The SMILES string of the molecule is CC(=O)N(CCc1csc2nc(-c3ccc4ccccc4c3)cn12)CC1CCCO1. The van der Waals surface area contributed by atoms with Crippen LogP contribution < -0.4 is 0 Å². The molecule has 5 rings (SSSR count). The highest BCUT2D eigenvalue weighted by atomic mass is 32.1. The van der Waals surface area contributed by atoms with E-state index in [2.05, 4.69) is 58.4 Å². The lowest BCUT2D eigenvalue weighted by atomic mass is 10.1. The Bertz CT molecular complexity index is 1190. The number of hydrogen-bond donors (Lipinski definition) is 0. The van der Waals surface area contributed by atoms with Crippen molar-refractivity contribution in [3.63, 3.8) is 0 Å². The lowest BCUT2D eigenvalue weighted by Gasteiger charge is -2.24. The van der Waals surface area contributed by atoms with Gasteiger partial charge in [0.2, 0.25) is 5.91 Å². The van der Waals surface area contributed by atoms with Gasteiger partial charge in [-0.05, 0) is 29.7 Å². The number of thiazole rings is 1. The topological polar surface area (TPSA) is 46.8 Å². The maximum atomic E-state index is 12.1. The highest BCUT2D eigenvalue weighted by molar-refractivity contribution is 7.15. The Morgan fingerprint density at radius 2 is 2.13 bits per heavy atom. The first-order chi connectivity index (χ1) is 14.7. The zero-order valence-corrected chi connectivity index (χ0v) is 17.9. The largest absolute Gasteiger partial charge is 0.376 e. The molecule has 30 heavy (non-hydrogen) atoms. The van der Waals surface area contributed by atoms with Crippen molar-refractivity contribution in [2.45, 2.75) is 32.3 Å². The predicted octanol–water partition coefficient (Wildman–Crippen LogP) is 4.79. The van der Waals surface area contributed by atoms with E-state index in [1.54, 1.807) is 18.3 Å². The van der Waals surface area contributed by atoms with Gasteiger partial charge >= 0.3 is 0 Å². The van der Waals surface area contributed by atoms with Gasteiger partial charge in [0.15, 0.2) is 4.96 Å². The third-order valence-electron chi connectivity index (χ3n) is 5.86. The highest BCUT2D eigenvalue weighted by Gasteiger charge is 2.21. The zero-order chi connectivity index (χ0) is 20.5. The first-order valence-electron chi connectivity index (χ1n) is 10.5. The molecule has 154 valence electrons. The molecule has 0 N–H and O–H groups in total. The molecule has 0 saturated carbocycles. The van der Waals surface area contributed by atoms with Crippen molar-refractivity contribution in [2.24, 2.45) is 0 Å². The quantitative estimate of drug-likeness (QED) is 0.452. The van der Waals surface area contributed by atoms with Crippen LogP contribution in [-0.2, 0) is 16.0 Å². The van der Waals surface area contributed by atoms with Gasteiger partial charge in [0.1, 0.15) is 0 Å². The van der Waals surface area contributed by atoms with Crippen LogP contribution in [0.2, 0.25) is 0 Å². The van der Waals surface area contributed by atoms with Crippen LogP contribution in [0.25, 0.3) is 27.0 Å². The molecule has 0 bridgehead atoms. The van der Waals surface area contributed by atoms with Crippen LogP contribution in [0.1, 0.15) is 25.5 Å². The van der Waals surface area contributed by atoms with E-state index in [-0.39, 0.29) is 12.0 Å². The molecule has 4 aromatic rings. The maximum absolute atomic E-state index is 12.1. The van der Waals surface area contributed by atoms with E-state index in [0.717, 1.165) is 42.1 Å². The van der Waals surface area contributed by atoms with E-state index in [1.807, 2.05) is 4.90 Å². The Kier molecular flexibility index (Phi) is 5.27. The van der Waals surface area contributed by atoms with Crippen LogP contribution >= 0.6 is 11.3 Å². The average Bonchev–Trinajstić information content (AvgIpc) is 3.48. The van der Waals surface area contributed by atoms with Crippen LogP contribution in [0, 0.1) is 0 Å². The predicted molar refractivity (Wildman–Crippen MR) is 121 cm³/mol. The van der Waals surface area contributed by atoms with E-state index < -0.39 is 0 Å². The molecular formula is C24H25N3O2S. The standard InChI is InChI=1S/C24H25N3O2S/c1-17(28)26(14-22-7-4-12-29-22)11-10-21-16-30-24-25-23(15-27(21)24)20-9-8-18-5-2-3-6-19(18)13-20/h2-3,5-6,8-9,13,15-16,22H,4,7,10-12,14H2,1H3. The first kappa shape index (κ1) is 19.3. The normalized spacial score (nSPS) is 16.5. The molecule has 1 saturated heterocycles. The van der Waals surface area contributed by atoms with Crippen LogP contribution in [0.5, 0.6) is 0 Å². The summed E-state index contributed by atoms with van der Waals surface area (Å²) in [6.45, 7) is 3.85. The molecule has 1 atom stereocenters. The van der Waals surface area contributed by atoms with Gasteiger partial charge in [0.25, 0.3) is 0 Å². The molecule has 0 radical (unpaired) electrons. The van der Waals surface area contributed by atoms with Gasteiger partial charge < -0.3 is 9.64 Å². The number of benzene rings is 2. The number of fused-ring (bicyclic) bond motifs is 2. The molecule has 1 aliphatic rings. The van der Waals surface area contributed by atoms with Crippen molar-refractivity contribution in [2.75, 3.05) is 19.7 Å². The molecule has 5 nitrogen and oxygen atoms in total. The van der Waals surface area contributed by atoms with Gasteiger partial charge in [-0.15, -0.1) is 11.3 Å². The van der Waals surface area contributed by atoms with Crippen molar-refractivity contribution in [3.05, 3.63) is 59.7 Å². The molecule has 0 aliphatic carbocycles. The molecule has 6 heteroatoms. The summed E-state index contributed by atoms with van der Waals surface area (Å²) in [5, 5.41) is 4.60. The number of rotatable bonds is 6. The van der Waals surface area contributed by atoms with Crippen molar-refractivity contribution in [1.29, 1.82) is 0 Å². The van der Waals surface area contributed by atoms with Gasteiger partial charge in [0.05, 0.1) is 11.8 Å². The van der Waals surface area contributed by atoms with E-state index in [9.17, 15) is 4.79 Å². The van der Waals surface area contributed by atoms with Gasteiger partial charge in [-0.25, -0.2) is 4.98 Å². The van der Waals surface area contributed by atoms with Crippen LogP contribution in [-0.4, -0.2) is 46.0 Å². The zero-order valence-electron chi connectivity index (χ0n) is 17.1. The number of carbonyl (C=O) groups excluding carboxylic acids is 1. The lowest BCUT2D eigenvalue weighted by Crippen LogP contribution is -2.37. The van der Waals surface area contributed by atoms with Crippen molar-refractivity contribution < 1.29 is 9.53 Å². The summed E-state index contributed by atoms with van der Waals surface area (Å²) >= 11 is 1.65. The minimum atomic E-state index is 0.111. The van der Waals surface area contributed by atoms with Gasteiger partial charge in [0, 0.05) is 55.9 Å². The maximum Gasteiger partial charge on any atom is 0.219 e. The Balaban J connectivity index is 1.35. The molecule has 1 amide bonds. The molecule has 3 heterocycles. The van der Waals surface area contributed by atoms with Crippen molar-refractivity contribution in [1.82, 2.24) is 14.3 Å². The number of aromatic nitrogens is 2. The smallest absolute Gasteiger partial charge is 0.219 e. The van der Waals surface area contributed by atoms with E-state index in [1.165, 1.54) is 16.5 Å². The molecule has 1 aliphatic heterocycles. The summed E-state index contributed by atoms with van der Waals surface area (Å²) < 4.78 is 7.88. The highest BCUT2D eigenvalue weighted by Crippen LogP contribution is 2.27. The third kappa shape index (κ3) is 3.85. The Labute approximate surface area is 179 Å². The summed E-state index contributed by atoms with van der Waals surface area (Å²) in [7, 11) is 0. The number of amides is 1. The first-order valence-corrected chi connectivity index (χ1v) is 11.4. The van der Waals surface area contributed by atoms with E-state index >= 15 is 0 Å². The number of carbonyl (C=O) groups is 1. The fourth-order valence-electron chi connectivity index (χ4n) is 4.16. The summed E-state index contributed by atoms with van der Waals surface area (Å²) in [5.41, 5.74) is 3.30. The van der Waals surface area contributed by atoms with E-state index in [4.69, 9.17) is 9.72 Å². The minimum absolute atomic E-state index is 0.111. The fourth-order valence-corrected chi connectivity index (χ4v) is 5.07. The number of imidazole rings is 1. The van der Waals surface area contributed by atoms with Gasteiger partial charge in [-0.2, -0.15) is 0 Å².